The maximum atomic E-state index is 14.9. The Labute approximate surface area is 174 Å². The van der Waals surface area contributed by atoms with E-state index in [1.54, 1.807) is 12.4 Å². The number of anilines is 1. The van der Waals surface area contributed by atoms with Gasteiger partial charge >= 0.3 is 0 Å². The molecule has 2 saturated heterocycles. The first-order valence-corrected chi connectivity index (χ1v) is 10.3. The molecule has 30 heavy (non-hydrogen) atoms. The summed E-state index contributed by atoms with van der Waals surface area (Å²) in [5.74, 6) is 1.04. The van der Waals surface area contributed by atoms with Crippen LogP contribution in [0, 0.1) is 12.8 Å². The number of rotatable bonds is 4. The third-order valence-corrected chi connectivity index (χ3v) is 6.41. The second-order valence-electron chi connectivity index (χ2n) is 8.30. The lowest BCUT2D eigenvalue weighted by Gasteiger charge is -2.49. The van der Waals surface area contributed by atoms with Gasteiger partial charge in [-0.1, -0.05) is 0 Å². The number of aromatic nitrogens is 4. The number of phenols is 1. The van der Waals surface area contributed by atoms with E-state index < -0.39 is 6.17 Å². The number of aryl methyl sites for hydroxylation is 1. The summed E-state index contributed by atoms with van der Waals surface area (Å²) in [5.41, 5.74) is 2.89. The van der Waals surface area contributed by atoms with Gasteiger partial charge < -0.3 is 19.9 Å². The van der Waals surface area contributed by atoms with Gasteiger partial charge in [0.15, 0.2) is 5.82 Å². The summed E-state index contributed by atoms with van der Waals surface area (Å²) < 4.78 is 16.7. The minimum atomic E-state index is -0.910. The second kappa shape index (κ2) is 7.36. The van der Waals surface area contributed by atoms with Crippen molar-refractivity contribution in [1.82, 2.24) is 25.1 Å². The van der Waals surface area contributed by atoms with Gasteiger partial charge in [0.1, 0.15) is 11.9 Å². The van der Waals surface area contributed by atoms with E-state index in [0.29, 0.717) is 17.1 Å². The lowest BCUT2D eigenvalue weighted by molar-refractivity contribution is 0.0702. The first-order valence-electron chi connectivity index (χ1n) is 10.3. The van der Waals surface area contributed by atoms with Crippen LogP contribution in [0.15, 0.2) is 42.9 Å². The Morgan fingerprint density at radius 3 is 2.67 bits per heavy atom. The molecule has 2 aliphatic heterocycles. The van der Waals surface area contributed by atoms with E-state index in [2.05, 4.69) is 20.5 Å². The van der Waals surface area contributed by atoms with Gasteiger partial charge in [-0.25, -0.2) is 9.37 Å². The van der Waals surface area contributed by atoms with Gasteiger partial charge in [-0.05, 0) is 49.9 Å². The molecular weight excluding hydrogens is 383 g/mol. The Kier molecular flexibility index (Phi) is 4.66. The van der Waals surface area contributed by atoms with E-state index in [-0.39, 0.29) is 23.8 Å². The molecule has 0 amide bonds. The van der Waals surface area contributed by atoms with Crippen molar-refractivity contribution in [2.75, 3.05) is 18.5 Å². The number of hydrogen-bond acceptors (Lipinski definition) is 6. The van der Waals surface area contributed by atoms with Crippen molar-refractivity contribution in [3.8, 4) is 22.7 Å². The van der Waals surface area contributed by atoms with Gasteiger partial charge in [0.25, 0.3) is 0 Å². The van der Waals surface area contributed by atoms with Crippen molar-refractivity contribution >= 4 is 5.82 Å². The Morgan fingerprint density at radius 1 is 1.20 bits per heavy atom. The molecular formula is C22H25FN6O. The van der Waals surface area contributed by atoms with Crippen LogP contribution in [0.4, 0.5) is 10.2 Å². The molecule has 3 aromatic rings. The van der Waals surface area contributed by atoms with Crippen LogP contribution in [-0.2, 0) is 0 Å². The lowest BCUT2D eigenvalue weighted by atomic mass is 9.75. The zero-order chi connectivity index (χ0) is 20.8. The Morgan fingerprint density at radius 2 is 2.07 bits per heavy atom. The molecule has 2 aromatic heterocycles. The molecule has 3 fully saturated rings. The monoisotopic (exact) mass is 408 g/mol. The minimum Gasteiger partial charge on any atom is -0.507 e. The molecule has 1 saturated carbocycles. The third-order valence-electron chi connectivity index (χ3n) is 6.41. The van der Waals surface area contributed by atoms with Crippen LogP contribution in [0.5, 0.6) is 5.75 Å². The highest BCUT2D eigenvalue weighted by atomic mass is 19.1. The van der Waals surface area contributed by atoms with Crippen LogP contribution >= 0.6 is 0 Å². The van der Waals surface area contributed by atoms with E-state index >= 15 is 0 Å². The molecule has 0 spiro atoms. The zero-order valence-electron chi connectivity index (χ0n) is 17.0. The van der Waals surface area contributed by atoms with Crippen molar-refractivity contribution in [3.05, 3.63) is 48.5 Å². The molecule has 4 atom stereocenters. The summed E-state index contributed by atoms with van der Waals surface area (Å²) in [7, 11) is 1.89. The topological polar surface area (TPSA) is 79.1 Å². The van der Waals surface area contributed by atoms with E-state index in [0.717, 1.165) is 30.8 Å². The van der Waals surface area contributed by atoms with Crippen LogP contribution in [0.2, 0.25) is 0 Å². The highest BCUT2D eigenvalue weighted by Gasteiger charge is 2.46. The highest BCUT2D eigenvalue weighted by Crippen LogP contribution is 2.36. The summed E-state index contributed by atoms with van der Waals surface area (Å²) >= 11 is 0. The summed E-state index contributed by atoms with van der Waals surface area (Å²) in [6.45, 7) is 2.77. The maximum absolute atomic E-state index is 14.9. The number of imidazole rings is 1. The number of alkyl halides is 1. The molecule has 3 aliphatic rings. The van der Waals surface area contributed by atoms with Crippen molar-refractivity contribution < 1.29 is 9.50 Å². The summed E-state index contributed by atoms with van der Waals surface area (Å²) in [6.07, 6.45) is 4.63. The van der Waals surface area contributed by atoms with Crippen LogP contribution < -0.4 is 10.2 Å². The van der Waals surface area contributed by atoms with E-state index in [9.17, 15) is 9.50 Å². The molecule has 8 heteroatoms. The number of halogens is 1. The molecule has 4 heterocycles. The molecule has 0 radical (unpaired) electrons. The highest BCUT2D eigenvalue weighted by molar-refractivity contribution is 5.69. The lowest BCUT2D eigenvalue weighted by Crippen LogP contribution is -2.64. The van der Waals surface area contributed by atoms with Crippen molar-refractivity contribution in [1.29, 1.82) is 0 Å². The molecule has 2 bridgehead atoms. The first-order chi connectivity index (χ1) is 14.5. The summed E-state index contributed by atoms with van der Waals surface area (Å²) in [5, 5.41) is 22.5. The summed E-state index contributed by atoms with van der Waals surface area (Å²) in [6, 6.07) is 8.81. The molecule has 7 nitrogen and oxygen atoms in total. The fourth-order valence-corrected chi connectivity index (χ4v) is 4.76. The van der Waals surface area contributed by atoms with Crippen molar-refractivity contribution in [2.24, 2.45) is 5.92 Å². The molecule has 156 valence electrons. The molecule has 2 N–H and O–H groups in total. The number of fused-ring (bicyclic) bond motifs is 3. The molecule has 6 rings (SSSR count). The minimum absolute atomic E-state index is 0.0653. The van der Waals surface area contributed by atoms with E-state index in [4.69, 9.17) is 0 Å². The van der Waals surface area contributed by atoms with Crippen molar-refractivity contribution in [3.63, 3.8) is 0 Å². The smallest absolute Gasteiger partial charge is 0.151 e. The maximum Gasteiger partial charge on any atom is 0.151 e. The van der Waals surface area contributed by atoms with Gasteiger partial charge in [-0.2, -0.15) is 0 Å². The molecule has 1 aliphatic carbocycles. The van der Waals surface area contributed by atoms with Gasteiger partial charge in [-0.3, -0.25) is 0 Å². The third kappa shape index (κ3) is 3.21. The van der Waals surface area contributed by atoms with Crippen LogP contribution in [0.3, 0.4) is 0 Å². The second-order valence-corrected chi connectivity index (χ2v) is 8.30. The first kappa shape index (κ1) is 19.0. The zero-order valence-corrected chi connectivity index (χ0v) is 17.0. The average Bonchev–Trinajstić information content (AvgIpc) is 3.20. The fraction of sp³-hybridized carbons (Fsp3) is 0.409. The van der Waals surface area contributed by atoms with Gasteiger partial charge in [0, 0.05) is 37.5 Å². The SMILES string of the molecule is Cc1cn(-c2ccc(-c3ccc(N(C)[C@H]4C5CCC(NC5)[C@@H]4F)nn3)c(O)c2)cn1. The number of nitrogens with zero attached hydrogens (tertiary/aromatic N) is 5. The normalized spacial score (nSPS) is 25.4. The number of phenolic OH excluding ortho intramolecular Hbond substituents is 1. The molecule has 1 aromatic carbocycles. The number of piperidine rings is 2. The van der Waals surface area contributed by atoms with E-state index in [1.165, 1.54) is 0 Å². The Bertz CT molecular complexity index is 1040. The van der Waals surface area contributed by atoms with Crippen LogP contribution in [-0.4, -0.2) is 56.7 Å². The van der Waals surface area contributed by atoms with Gasteiger partial charge in [0.2, 0.25) is 0 Å². The number of hydrogen-bond donors (Lipinski definition) is 2. The Hall–Kier alpha value is -3.00. The number of benzene rings is 1. The quantitative estimate of drug-likeness (QED) is 0.691. The standard InChI is InChI=1S/C22H25FN6O/c1-13-11-29(12-25-13)15-4-5-16(19(30)9-15)17-7-8-20(27-26-17)28(2)22-14-3-6-18(21(22)23)24-10-14/h4-5,7-9,11-12,14,18,21-22,24,30H,3,6,10H2,1-2H3/t14?,18?,21-,22-/m0/s1. The Balaban J connectivity index is 1.37. The van der Waals surface area contributed by atoms with Crippen molar-refractivity contribution in [2.45, 2.75) is 38.0 Å². The van der Waals surface area contributed by atoms with E-state index in [1.807, 2.05) is 53.9 Å². The van der Waals surface area contributed by atoms with Gasteiger partial charge in [-0.15, -0.1) is 10.2 Å². The van der Waals surface area contributed by atoms with Gasteiger partial charge in [0.05, 0.1) is 29.4 Å². The largest absolute Gasteiger partial charge is 0.507 e. The average molecular weight is 408 g/mol. The number of nitrogens with one attached hydrogen (secondary N) is 1. The predicted octanol–water partition coefficient (Wildman–Crippen LogP) is 2.87. The van der Waals surface area contributed by atoms with Crippen LogP contribution in [0.1, 0.15) is 18.5 Å². The predicted molar refractivity (Wildman–Crippen MR) is 113 cm³/mol. The molecule has 2 unspecified atom stereocenters. The fourth-order valence-electron chi connectivity index (χ4n) is 4.76. The summed E-state index contributed by atoms with van der Waals surface area (Å²) in [4.78, 5) is 6.13. The van der Waals surface area contributed by atoms with Crippen LogP contribution in [0.25, 0.3) is 16.9 Å². The number of aromatic hydroxyl groups is 1.